The number of piperidine rings is 1. The molecule has 0 bridgehead atoms. The molecule has 0 spiro atoms. The van der Waals surface area contributed by atoms with E-state index in [9.17, 15) is 31.1 Å². The van der Waals surface area contributed by atoms with E-state index in [0.717, 1.165) is 25.2 Å². The lowest BCUT2D eigenvalue weighted by Gasteiger charge is -2.37. The van der Waals surface area contributed by atoms with Gasteiger partial charge in [-0.2, -0.15) is 26.3 Å². The van der Waals surface area contributed by atoms with Gasteiger partial charge in [-0.15, -0.1) is 0 Å². The van der Waals surface area contributed by atoms with Crippen LogP contribution in [0.5, 0.6) is 0 Å². The van der Waals surface area contributed by atoms with Gasteiger partial charge in [0.15, 0.2) is 0 Å². The highest BCUT2D eigenvalue weighted by Gasteiger charge is 2.43. The van der Waals surface area contributed by atoms with Gasteiger partial charge in [-0.1, -0.05) is 0 Å². The van der Waals surface area contributed by atoms with Gasteiger partial charge < -0.3 is 24.6 Å². The topological polar surface area (TPSA) is 106 Å². The highest BCUT2D eigenvalue weighted by atomic mass is 19.4. The van der Waals surface area contributed by atoms with Crippen LogP contribution in [0.2, 0.25) is 0 Å². The number of rotatable bonds is 3. The van der Waals surface area contributed by atoms with Gasteiger partial charge in [-0.3, -0.25) is 9.69 Å². The van der Waals surface area contributed by atoms with Crippen LogP contribution in [0.3, 0.4) is 0 Å². The molecule has 216 valence electrons. The van der Waals surface area contributed by atoms with Gasteiger partial charge in [0.2, 0.25) is 0 Å². The molecule has 3 fully saturated rings. The predicted octanol–water partition coefficient (Wildman–Crippen LogP) is 2.92. The molecule has 1 aromatic rings. The normalized spacial score (nSPS) is 24.1. The summed E-state index contributed by atoms with van der Waals surface area (Å²) in [6.07, 6.45) is -3.12. The number of nitrogens with zero attached hydrogens (tertiary/aromatic N) is 4. The maximum atomic E-state index is 12.8. The van der Waals surface area contributed by atoms with E-state index in [-0.39, 0.29) is 5.91 Å². The summed E-state index contributed by atoms with van der Waals surface area (Å²) < 4.78 is 65.4. The Labute approximate surface area is 215 Å². The Kier molecular flexibility index (Phi) is 10.6. The molecule has 38 heavy (non-hydrogen) atoms. The number of aromatic nitrogens is 1. The van der Waals surface area contributed by atoms with E-state index in [2.05, 4.69) is 21.7 Å². The van der Waals surface area contributed by atoms with Crippen molar-refractivity contribution in [3.8, 4) is 0 Å². The highest BCUT2D eigenvalue weighted by Crippen LogP contribution is 2.35. The minimum absolute atomic E-state index is 0.201. The minimum atomic E-state index is -5.08. The number of likely N-dealkylation sites (tertiary alicyclic amines) is 3. The molecule has 1 amide bonds. The molecule has 0 aromatic carbocycles. The van der Waals surface area contributed by atoms with Gasteiger partial charge in [0.25, 0.3) is 5.91 Å². The molecule has 15 heteroatoms. The summed E-state index contributed by atoms with van der Waals surface area (Å²) in [5, 5.41) is 14.2. The molecule has 0 aliphatic carbocycles. The van der Waals surface area contributed by atoms with Crippen LogP contribution in [-0.4, -0.2) is 112 Å². The summed E-state index contributed by atoms with van der Waals surface area (Å²) in [6, 6.07) is 5.22. The second-order valence-corrected chi connectivity index (χ2v) is 9.54. The van der Waals surface area contributed by atoms with Crippen LogP contribution in [0, 0.1) is 5.92 Å². The van der Waals surface area contributed by atoms with E-state index in [1.807, 2.05) is 29.9 Å². The van der Waals surface area contributed by atoms with Gasteiger partial charge >= 0.3 is 24.3 Å². The van der Waals surface area contributed by atoms with Crippen LogP contribution in [0.15, 0.2) is 18.3 Å². The number of carbonyl (C=O) groups is 3. The third kappa shape index (κ3) is 8.61. The van der Waals surface area contributed by atoms with Crippen molar-refractivity contribution < 1.29 is 50.9 Å². The number of aliphatic carboxylic acids is 2. The van der Waals surface area contributed by atoms with Crippen LogP contribution in [-0.2, 0) is 16.6 Å². The van der Waals surface area contributed by atoms with Crippen LogP contribution >= 0.6 is 0 Å². The van der Waals surface area contributed by atoms with Gasteiger partial charge in [-0.05, 0) is 63.9 Å². The number of alkyl halides is 6. The second-order valence-electron chi connectivity index (χ2n) is 9.54. The van der Waals surface area contributed by atoms with Crippen molar-refractivity contribution in [1.29, 1.82) is 0 Å². The standard InChI is InChI=1S/C19H30N4O.2C2HF3O2/c1-20-8-5-6-18(20)19(24)23-11-7-17-15(13-23)12-16(21(17)2)14-22-9-3-4-10-22;2*3-2(4,5)1(6)7/h5-6,8,15-17H,3-4,7,9-14H2,1-2H3;2*(H,6,7)/t15-,16+,17+;;/m1../s1. The van der Waals surface area contributed by atoms with E-state index in [1.165, 1.54) is 38.9 Å². The maximum Gasteiger partial charge on any atom is 0.490 e. The number of hydrogen-bond donors (Lipinski definition) is 2. The Morgan fingerprint density at radius 3 is 1.92 bits per heavy atom. The average molecular weight is 559 g/mol. The molecule has 1 aromatic heterocycles. The molecule has 3 atom stereocenters. The Hall–Kier alpha value is -2.81. The maximum absolute atomic E-state index is 12.8. The summed E-state index contributed by atoms with van der Waals surface area (Å²) >= 11 is 0. The van der Waals surface area contributed by atoms with E-state index in [1.54, 1.807) is 0 Å². The number of carboxylic acids is 2. The number of aryl methyl sites for hydroxylation is 1. The number of carbonyl (C=O) groups excluding carboxylic acids is 1. The van der Waals surface area contributed by atoms with E-state index in [0.29, 0.717) is 18.0 Å². The van der Waals surface area contributed by atoms with E-state index in [4.69, 9.17) is 19.8 Å². The van der Waals surface area contributed by atoms with Crippen molar-refractivity contribution in [3.63, 3.8) is 0 Å². The molecule has 0 saturated carbocycles. The van der Waals surface area contributed by atoms with Crippen molar-refractivity contribution in [2.75, 3.05) is 39.8 Å². The van der Waals surface area contributed by atoms with Crippen LogP contribution in [0.4, 0.5) is 26.3 Å². The predicted molar refractivity (Wildman–Crippen MR) is 122 cm³/mol. The average Bonchev–Trinajstić information content (AvgIpc) is 3.54. The SMILES string of the molecule is CN1[C@H](CN2CCCC2)C[C@@H]2CN(C(=O)c3cccn3C)CC[C@@H]21.O=C(O)C(F)(F)F.O=C(O)C(F)(F)F. The summed E-state index contributed by atoms with van der Waals surface area (Å²) in [4.78, 5) is 37.9. The fourth-order valence-electron chi connectivity index (χ4n) is 5.07. The Morgan fingerprint density at radius 1 is 0.947 bits per heavy atom. The van der Waals surface area contributed by atoms with Gasteiger partial charge in [0, 0.05) is 45.0 Å². The number of hydrogen-bond acceptors (Lipinski definition) is 5. The molecule has 4 rings (SSSR count). The Balaban J connectivity index is 0.000000301. The largest absolute Gasteiger partial charge is 0.490 e. The second kappa shape index (κ2) is 12.8. The third-order valence-electron chi connectivity index (χ3n) is 6.97. The molecule has 3 aliphatic rings. The number of carboxylic acid groups (broad SMARTS) is 2. The number of fused-ring (bicyclic) bond motifs is 1. The van der Waals surface area contributed by atoms with Crippen molar-refractivity contribution in [1.82, 2.24) is 19.3 Å². The van der Waals surface area contributed by atoms with Gasteiger partial charge in [0.1, 0.15) is 5.69 Å². The number of halogens is 6. The van der Waals surface area contributed by atoms with Crippen LogP contribution < -0.4 is 0 Å². The van der Waals surface area contributed by atoms with Crippen molar-refractivity contribution in [3.05, 3.63) is 24.0 Å². The zero-order valence-electron chi connectivity index (χ0n) is 21.0. The molecule has 9 nitrogen and oxygen atoms in total. The van der Waals surface area contributed by atoms with Crippen molar-refractivity contribution in [2.45, 2.75) is 50.1 Å². The first-order chi connectivity index (χ1) is 17.5. The first-order valence-electron chi connectivity index (χ1n) is 12.0. The Bertz CT molecular complexity index is 937. The fourth-order valence-corrected chi connectivity index (χ4v) is 5.07. The van der Waals surface area contributed by atoms with E-state index >= 15 is 0 Å². The van der Waals surface area contributed by atoms with Crippen molar-refractivity contribution >= 4 is 17.8 Å². The van der Waals surface area contributed by atoms with Crippen molar-refractivity contribution in [2.24, 2.45) is 13.0 Å². The molecule has 0 radical (unpaired) electrons. The lowest BCUT2D eigenvalue weighted by molar-refractivity contribution is -0.193. The molecular formula is C23H32F6N4O5. The first-order valence-corrected chi connectivity index (χ1v) is 12.0. The molecule has 3 saturated heterocycles. The lowest BCUT2D eigenvalue weighted by atomic mass is 9.92. The molecule has 4 heterocycles. The Morgan fingerprint density at radius 2 is 1.47 bits per heavy atom. The fraction of sp³-hybridized carbons (Fsp3) is 0.696. The summed E-state index contributed by atoms with van der Waals surface area (Å²) in [6.45, 7) is 5.59. The number of likely N-dealkylation sites (N-methyl/N-ethyl adjacent to an activating group) is 1. The monoisotopic (exact) mass is 558 g/mol. The van der Waals surface area contributed by atoms with E-state index < -0.39 is 24.3 Å². The van der Waals surface area contributed by atoms with Gasteiger partial charge in [-0.25, -0.2) is 9.59 Å². The van der Waals surface area contributed by atoms with Gasteiger partial charge in [0.05, 0.1) is 0 Å². The third-order valence-corrected chi connectivity index (χ3v) is 6.97. The molecule has 0 unspecified atom stereocenters. The zero-order valence-corrected chi connectivity index (χ0v) is 21.0. The quantitative estimate of drug-likeness (QED) is 0.550. The molecular weight excluding hydrogens is 526 g/mol. The molecule has 2 N–H and O–H groups in total. The smallest absolute Gasteiger partial charge is 0.475 e. The first kappa shape index (κ1) is 31.4. The number of amides is 1. The highest BCUT2D eigenvalue weighted by molar-refractivity contribution is 5.92. The van der Waals surface area contributed by atoms with Crippen LogP contribution in [0.25, 0.3) is 0 Å². The summed E-state index contributed by atoms with van der Waals surface area (Å²) in [7, 11) is 4.26. The zero-order chi connectivity index (χ0) is 28.8. The minimum Gasteiger partial charge on any atom is -0.475 e. The lowest BCUT2D eigenvalue weighted by Crippen LogP contribution is -2.48. The summed E-state index contributed by atoms with van der Waals surface area (Å²) in [5.41, 5.74) is 0.813. The van der Waals surface area contributed by atoms with Crippen LogP contribution in [0.1, 0.15) is 36.2 Å². The molecule has 3 aliphatic heterocycles. The summed E-state index contributed by atoms with van der Waals surface area (Å²) in [5.74, 6) is -4.67.